The predicted molar refractivity (Wildman–Crippen MR) is 239 cm³/mol. The van der Waals surface area contributed by atoms with Crippen LogP contribution in [-0.2, 0) is 5.41 Å². The van der Waals surface area contributed by atoms with Gasteiger partial charge in [-0.15, -0.1) is 0 Å². The van der Waals surface area contributed by atoms with Crippen molar-refractivity contribution in [2.75, 3.05) is 4.90 Å². The van der Waals surface area contributed by atoms with Crippen molar-refractivity contribution in [3.8, 4) is 44.5 Å². The van der Waals surface area contributed by atoms with Crippen LogP contribution in [0.5, 0.6) is 0 Å². The highest BCUT2D eigenvalue weighted by atomic mass is 15.1. The zero-order valence-electron chi connectivity index (χ0n) is 32.3. The van der Waals surface area contributed by atoms with Gasteiger partial charge in [0.05, 0.1) is 5.69 Å². The Labute approximate surface area is 330 Å². The maximum atomic E-state index is 2.49. The van der Waals surface area contributed by atoms with E-state index in [4.69, 9.17) is 0 Å². The fourth-order valence-corrected chi connectivity index (χ4v) is 9.39. The van der Waals surface area contributed by atoms with Crippen LogP contribution >= 0.6 is 0 Å². The SMILES string of the molecule is Cc1cc(-c2cc3ccccc3c3ccccc23)cc(C)c1N(c1ccc(-c2ccccc2-c2ccccc2)cc1)c1ccc2c(c1)C(C)(C)c1ccccc1-2. The second-order valence-electron chi connectivity index (χ2n) is 15.8. The minimum Gasteiger partial charge on any atom is -0.310 e. The minimum atomic E-state index is -0.107. The molecule has 0 spiro atoms. The second-order valence-corrected chi connectivity index (χ2v) is 15.8. The van der Waals surface area contributed by atoms with Crippen molar-refractivity contribution in [2.24, 2.45) is 0 Å². The van der Waals surface area contributed by atoms with Crippen molar-refractivity contribution >= 4 is 38.6 Å². The molecule has 1 aliphatic rings. The lowest BCUT2D eigenvalue weighted by Crippen LogP contribution is -2.17. The fourth-order valence-electron chi connectivity index (χ4n) is 9.39. The molecule has 0 heterocycles. The first-order chi connectivity index (χ1) is 27.4. The van der Waals surface area contributed by atoms with Crippen molar-refractivity contribution in [1.82, 2.24) is 0 Å². The summed E-state index contributed by atoms with van der Waals surface area (Å²) in [7, 11) is 0. The van der Waals surface area contributed by atoms with Crippen LogP contribution in [0.2, 0.25) is 0 Å². The van der Waals surface area contributed by atoms with E-state index < -0.39 is 0 Å². The normalized spacial score (nSPS) is 12.8. The Morgan fingerprint density at radius 2 is 0.893 bits per heavy atom. The Kier molecular flexibility index (Phi) is 8.01. The van der Waals surface area contributed by atoms with Crippen LogP contribution in [0.1, 0.15) is 36.1 Å². The monoisotopic (exact) mass is 717 g/mol. The predicted octanol–water partition coefficient (Wildman–Crippen LogP) is 15.4. The number of aryl methyl sites for hydroxylation is 2. The summed E-state index contributed by atoms with van der Waals surface area (Å²) in [5.74, 6) is 0. The molecule has 10 rings (SSSR count). The first-order valence-corrected chi connectivity index (χ1v) is 19.7. The number of fused-ring (bicyclic) bond motifs is 6. The molecule has 9 aromatic carbocycles. The Bertz CT molecular complexity index is 2930. The number of rotatable bonds is 6. The number of anilines is 3. The number of hydrogen-bond donors (Lipinski definition) is 0. The van der Waals surface area contributed by atoms with E-state index in [9.17, 15) is 0 Å². The Morgan fingerprint density at radius 1 is 0.357 bits per heavy atom. The lowest BCUT2D eigenvalue weighted by Gasteiger charge is -2.31. The van der Waals surface area contributed by atoms with Gasteiger partial charge in [-0.25, -0.2) is 0 Å². The zero-order valence-corrected chi connectivity index (χ0v) is 32.3. The molecule has 0 aromatic heterocycles. The molecule has 0 aliphatic heterocycles. The quantitative estimate of drug-likeness (QED) is 0.155. The largest absolute Gasteiger partial charge is 0.310 e. The molecule has 0 atom stereocenters. The summed E-state index contributed by atoms with van der Waals surface area (Å²) in [4.78, 5) is 2.49. The molecule has 1 nitrogen and oxygen atoms in total. The van der Waals surface area contributed by atoms with Gasteiger partial charge >= 0.3 is 0 Å². The van der Waals surface area contributed by atoms with E-state index in [-0.39, 0.29) is 5.41 Å². The Hall–Kier alpha value is -6.70. The smallest absolute Gasteiger partial charge is 0.0520 e. The van der Waals surface area contributed by atoms with E-state index in [1.54, 1.807) is 0 Å². The van der Waals surface area contributed by atoms with Crippen molar-refractivity contribution in [2.45, 2.75) is 33.1 Å². The lowest BCUT2D eigenvalue weighted by atomic mass is 9.82. The van der Waals surface area contributed by atoms with Crippen LogP contribution in [0.4, 0.5) is 17.1 Å². The molecule has 0 fully saturated rings. The zero-order chi connectivity index (χ0) is 38.0. The van der Waals surface area contributed by atoms with Gasteiger partial charge in [0, 0.05) is 16.8 Å². The maximum Gasteiger partial charge on any atom is 0.0520 e. The summed E-state index contributed by atoms with van der Waals surface area (Å²) >= 11 is 0. The summed E-state index contributed by atoms with van der Waals surface area (Å²) in [6.07, 6.45) is 0. The van der Waals surface area contributed by atoms with Crippen molar-refractivity contribution < 1.29 is 0 Å². The van der Waals surface area contributed by atoms with E-state index in [0.29, 0.717) is 0 Å². The first kappa shape index (κ1) is 33.8. The highest BCUT2D eigenvalue weighted by Crippen LogP contribution is 2.51. The molecule has 0 bridgehead atoms. The second kappa shape index (κ2) is 13.3. The van der Waals surface area contributed by atoms with Gasteiger partial charge in [0.25, 0.3) is 0 Å². The summed E-state index contributed by atoms with van der Waals surface area (Å²) in [6, 6.07) is 69.3. The van der Waals surface area contributed by atoms with Crippen LogP contribution in [-0.4, -0.2) is 0 Å². The number of hydrogen-bond acceptors (Lipinski definition) is 1. The Morgan fingerprint density at radius 3 is 1.61 bits per heavy atom. The Balaban J connectivity index is 1.14. The van der Waals surface area contributed by atoms with Crippen LogP contribution in [0.15, 0.2) is 188 Å². The van der Waals surface area contributed by atoms with Crippen LogP contribution < -0.4 is 4.90 Å². The summed E-state index contributed by atoms with van der Waals surface area (Å²) < 4.78 is 0. The summed E-state index contributed by atoms with van der Waals surface area (Å²) in [5, 5.41) is 5.12. The van der Waals surface area contributed by atoms with Crippen molar-refractivity contribution in [1.29, 1.82) is 0 Å². The molecule has 0 N–H and O–H groups in total. The third-order valence-electron chi connectivity index (χ3n) is 12.1. The lowest BCUT2D eigenvalue weighted by molar-refractivity contribution is 0.660. The molecule has 0 saturated carbocycles. The third-order valence-corrected chi connectivity index (χ3v) is 12.1. The minimum absolute atomic E-state index is 0.107. The molecule has 268 valence electrons. The third kappa shape index (κ3) is 5.46. The molecule has 0 saturated heterocycles. The molecule has 0 unspecified atom stereocenters. The standard InChI is InChI=1S/C55H43N/c1-36-32-41(51-34-40-18-8-9-21-46(40)47-22-12-13-23-48(47)51)33-37(2)54(36)56(43-30-31-50-49-24-14-15-25-52(49)55(3,4)53(50)35-43)42-28-26-39(27-29-42)45-20-11-10-19-44(45)38-16-6-5-7-17-38/h5-35H,1-4H3. The highest BCUT2D eigenvalue weighted by molar-refractivity contribution is 6.14. The van der Waals surface area contributed by atoms with Gasteiger partial charge in [-0.1, -0.05) is 159 Å². The van der Waals surface area contributed by atoms with Crippen LogP contribution in [0, 0.1) is 13.8 Å². The van der Waals surface area contributed by atoms with Crippen molar-refractivity contribution in [3.05, 3.63) is 210 Å². The molecular formula is C55H43N. The van der Waals surface area contributed by atoms with Gasteiger partial charge in [-0.2, -0.15) is 0 Å². The molecule has 9 aromatic rings. The summed E-state index contributed by atoms with van der Waals surface area (Å²) in [5.41, 5.74) is 18.7. The maximum absolute atomic E-state index is 2.49. The van der Waals surface area contributed by atoms with Crippen LogP contribution in [0.3, 0.4) is 0 Å². The van der Waals surface area contributed by atoms with Gasteiger partial charge in [0.1, 0.15) is 0 Å². The summed E-state index contributed by atoms with van der Waals surface area (Å²) in [6.45, 7) is 9.29. The molecule has 1 heteroatoms. The molecular weight excluding hydrogens is 675 g/mol. The first-order valence-electron chi connectivity index (χ1n) is 19.7. The average molecular weight is 718 g/mol. The number of benzene rings is 9. The molecule has 0 amide bonds. The van der Waals surface area contributed by atoms with E-state index in [1.165, 1.54) is 94.0 Å². The molecule has 56 heavy (non-hydrogen) atoms. The van der Waals surface area contributed by atoms with E-state index in [1.807, 2.05) is 0 Å². The average Bonchev–Trinajstić information content (AvgIpc) is 3.47. The van der Waals surface area contributed by atoms with Gasteiger partial charge < -0.3 is 4.90 Å². The topological polar surface area (TPSA) is 3.24 Å². The van der Waals surface area contributed by atoms with E-state index >= 15 is 0 Å². The highest BCUT2D eigenvalue weighted by Gasteiger charge is 2.36. The van der Waals surface area contributed by atoms with E-state index in [0.717, 1.165) is 11.4 Å². The fraction of sp³-hybridized carbons (Fsp3) is 0.0909. The van der Waals surface area contributed by atoms with Crippen LogP contribution in [0.25, 0.3) is 66.1 Å². The van der Waals surface area contributed by atoms with Gasteiger partial charge in [0.15, 0.2) is 0 Å². The van der Waals surface area contributed by atoms with Crippen molar-refractivity contribution in [3.63, 3.8) is 0 Å². The molecule has 0 radical (unpaired) electrons. The van der Waals surface area contributed by atoms with E-state index in [2.05, 4.69) is 221 Å². The molecule has 1 aliphatic carbocycles. The van der Waals surface area contributed by atoms with Gasteiger partial charge in [-0.05, 0) is 145 Å². The number of nitrogens with zero attached hydrogens (tertiary/aromatic N) is 1. The van der Waals surface area contributed by atoms with Gasteiger partial charge in [-0.3, -0.25) is 0 Å². The van der Waals surface area contributed by atoms with Gasteiger partial charge in [0.2, 0.25) is 0 Å².